The Bertz CT molecular complexity index is 469. The molecule has 6 nitrogen and oxygen atoms in total. The van der Waals surface area contributed by atoms with Crippen LogP contribution in [0.5, 0.6) is 0 Å². The molecule has 2 rings (SSSR count). The van der Waals surface area contributed by atoms with Gasteiger partial charge in [-0.15, -0.1) is 0 Å². The van der Waals surface area contributed by atoms with Crippen molar-refractivity contribution in [1.29, 1.82) is 0 Å². The normalized spacial score (nSPS) is 19.1. The van der Waals surface area contributed by atoms with Crippen molar-refractivity contribution in [1.82, 2.24) is 14.5 Å². The molecule has 6 heteroatoms. The summed E-state index contributed by atoms with van der Waals surface area (Å²) in [5.74, 6) is -0.421. The molecule has 1 aromatic heterocycles. The summed E-state index contributed by atoms with van der Waals surface area (Å²) in [7, 11) is 0. The SMILES string of the molecule is CCc1nccn1CCCN1C[C@@H](C(=O)O)CC1=O. The zero-order valence-corrected chi connectivity index (χ0v) is 11.1. The quantitative estimate of drug-likeness (QED) is 0.824. The topological polar surface area (TPSA) is 75.4 Å². The van der Waals surface area contributed by atoms with Gasteiger partial charge in [-0.05, 0) is 6.42 Å². The van der Waals surface area contributed by atoms with E-state index in [1.54, 1.807) is 11.1 Å². The Balaban J connectivity index is 1.80. The number of likely N-dealkylation sites (tertiary alicyclic amines) is 1. The highest BCUT2D eigenvalue weighted by molar-refractivity contribution is 5.86. The van der Waals surface area contributed by atoms with Crippen LogP contribution >= 0.6 is 0 Å². The fraction of sp³-hybridized carbons (Fsp3) is 0.615. The number of aliphatic carboxylic acids is 1. The van der Waals surface area contributed by atoms with E-state index in [-0.39, 0.29) is 12.3 Å². The van der Waals surface area contributed by atoms with E-state index in [1.807, 2.05) is 6.20 Å². The molecule has 104 valence electrons. The minimum Gasteiger partial charge on any atom is -0.481 e. The van der Waals surface area contributed by atoms with Gasteiger partial charge in [0.05, 0.1) is 5.92 Å². The maximum Gasteiger partial charge on any atom is 0.308 e. The first kappa shape index (κ1) is 13.6. The van der Waals surface area contributed by atoms with Crippen LogP contribution in [-0.4, -0.2) is 44.5 Å². The van der Waals surface area contributed by atoms with E-state index < -0.39 is 11.9 Å². The lowest BCUT2D eigenvalue weighted by Gasteiger charge is -2.16. The van der Waals surface area contributed by atoms with Gasteiger partial charge in [0, 0.05) is 44.9 Å². The highest BCUT2D eigenvalue weighted by atomic mass is 16.4. The molecule has 1 N–H and O–H groups in total. The van der Waals surface area contributed by atoms with Crippen molar-refractivity contribution >= 4 is 11.9 Å². The number of carbonyl (C=O) groups is 2. The van der Waals surface area contributed by atoms with Gasteiger partial charge < -0.3 is 14.6 Å². The van der Waals surface area contributed by atoms with Gasteiger partial charge in [-0.2, -0.15) is 0 Å². The molecule has 1 amide bonds. The van der Waals surface area contributed by atoms with E-state index in [4.69, 9.17) is 5.11 Å². The molecule has 0 spiro atoms. The zero-order chi connectivity index (χ0) is 13.8. The number of hydrogen-bond acceptors (Lipinski definition) is 3. The van der Waals surface area contributed by atoms with E-state index in [1.165, 1.54) is 0 Å². The first-order chi connectivity index (χ1) is 9.11. The molecule has 1 aliphatic rings. The van der Waals surface area contributed by atoms with Crippen LogP contribution in [-0.2, 0) is 22.6 Å². The van der Waals surface area contributed by atoms with Crippen molar-refractivity contribution in [2.75, 3.05) is 13.1 Å². The molecule has 1 saturated heterocycles. The summed E-state index contributed by atoms with van der Waals surface area (Å²) in [4.78, 5) is 28.4. The Labute approximate surface area is 112 Å². The first-order valence-electron chi connectivity index (χ1n) is 6.62. The van der Waals surface area contributed by atoms with Crippen LogP contribution in [0.1, 0.15) is 25.6 Å². The van der Waals surface area contributed by atoms with Crippen LogP contribution < -0.4 is 0 Å². The number of hydrogen-bond donors (Lipinski definition) is 1. The molecular weight excluding hydrogens is 246 g/mol. The van der Waals surface area contributed by atoms with Gasteiger partial charge in [0.15, 0.2) is 0 Å². The summed E-state index contributed by atoms with van der Waals surface area (Å²) in [6, 6.07) is 0. The van der Waals surface area contributed by atoms with Gasteiger partial charge >= 0.3 is 5.97 Å². The Morgan fingerprint density at radius 2 is 2.32 bits per heavy atom. The summed E-state index contributed by atoms with van der Waals surface area (Å²) in [6.45, 7) is 3.83. The average molecular weight is 265 g/mol. The summed E-state index contributed by atoms with van der Waals surface area (Å²) in [5.41, 5.74) is 0. The fourth-order valence-electron chi connectivity index (χ4n) is 2.44. The summed E-state index contributed by atoms with van der Waals surface area (Å²) < 4.78 is 2.08. The molecule has 19 heavy (non-hydrogen) atoms. The lowest BCUT2D eigenvalue weighted by Crippen LogP contribution is -2.28. The maximum atomic E-state index is 11.6. The summed E-state index contributed by atoms with van der Waals surface area (Å²) >= 11 is 0. The number of carboxylic acid groups (broad SMARTS) is 1. The largest absolute Gasteiger partial charge is 0.481 e. The molecule has 2 heterocycles. The van der Waals surface area contributed by atoms with Gasteiger partial charge in [0.25, 0.3) is 0 Å². The predicted octanol–water partition coefficient (Wildman–Crippen LogP) is 0.769. The lowest BCUT2D eigenvalue weighted by atomic mass is 10.1. The zero-order valence-electron chi connectivity index (χ0n) is 11.1. The highest BCUT2D eigenvalue weighted by Crippen LogP contribution is 2.18. The molecule has 1 atom stereocenters. The van der Waals surface area contributed by atoms with Crippen LogP contribution in [0, 0.1) is 5.92 Å². The van der Waals surface area contributed by atoms with Crippen molar-refractivity contribution in [3.05, 3.63) is 18.2 Å². The van der Waals surface area contributed by atoms with Gasteiger partial charge in [-0.3, -0.25) is 9.59 Å². The summed E-state index contributed by atoms with van der Waals surface area (Å²) in [6.07, 6.45) is 5.56. The monoisotopic (exact) mass is 265 g/mol. The van der Waals surface area contributed by atoms with Gasteiger partial charge in [0.2, 0.25) is 5.91 Å². The molecule has 1 aromatic rings. The Morgan fingerprint density at radius 3 is 2.95 bits per heavy atom. The Hall–Kier alpha value is -1.85. The van der Waals surface area contributed by atoms with E-state index in [2.05, 4.69) is 16.5 Å². The minimum absolute atomic E-state index is 0.0475. The number of nitrogens with zero attached hydrogens (tertiary/aromatic N) is 3. The smallest absolute Gasteiger partial charge is 0.308 e. The minimum atomic E-state index is -0.876. The van der Waals surface area contributed by atoms with E-state index >= 15 is 0 Å². The van der Waals surface area contributed by atoms with Crippen LogP contribution in [0.25, 0.3) is 0 Å². The molecular formula is C13H19N3O3. The molecule has 0 bridgehead atoms. The van der Waals surface area contributed by atoms with E-state index in [9.17, 15) is 9.59 Å². The highest BCUT2D eigenvalue weighted by Gasteiger charge is 2.33. The van der Waals surface area contributed by atoms with Crippen LogP contribution in [0.15, 0.2) is 12.4 Å². The lowest BCUT2D eigenvalue weighted by molar-refractivity contribution is -0.141. The first-order valence-corrected chi connectivity index (χ1v) is 6.62. The van der Waals surface area contributed by atoms with Gasteiger partial charge in [0.1, 0.15) is 5.82 Å². The van der Waals surface area contributed by atoms with Crippen LogP contribution in [0.2, 0.25) is 0 Å². The number of imidazole rings is 1. The van der Waals surface area contributed by atoms with Crippen molar-refractivity contribution in [2.24, 2.45) is 5.92 Å². The van der Waals surface area contributed by atoms with E-state index in [0.29, 0.717) is 13.1 Å². The number of carbonyl (C=O) groups excluding carboxylic acids is 1. The van der Waals surface area contributed by atoms with E-state index in [0.717, 1.165) is 25.2 Å². The third-order valence-corrected chi connectivity index (χ3v) is 3.51. The molecule has 1 fully saturated rings. The van der Waals surface area contributed by atoms with Crippen LogP contribution in [0.4, 0.5) is 0 Å². The number of aryl methyl sites for hydroxylation is 2. The molecule has 0 unspecified atom stereocenters. The standard InChI is InChI=1S/C13H19N3O3/c1-2-11-14-4-7-15(11)5-3-6-16-9-10(13(18)19)8-12(16)17/h4,7,10H,2-3,5-6,8-9H2,1H3,(H,18,19)/t10-/m0/s1. The second kappa shape index (κ2) is 5.86. The molecule has 0 radical (unpaired) electrons. The second-order valence-corrected chi connectivity index (χ2v) is 4.82. The fourth-order valence-corrected chi connectivity index (χ4v) is 2.44. The van der Waals surface area contributed by atoms with Crippen molar-refractivity contribution in [3.8, 4) is 0 Å². The second-order valence-electron chi connectivity index (χ2n) is 4.82. The summed E-state index contributed by atoms with van der Waals surface area (Å²) in [5, 5.41) is 8.90. The predicted molar refractivity (Wildman–Crippen MR) is 68.5 cm³/mol. The Kier molecular flexibility index (Phi) is 4.19. The average Bonchev–Trinajstić information content (AvgIpc) is 2.96. The molecule has 0 aliphatic carbocycles. The van der Waals surface area contributed by atoms with Crippen molar-refractivity contribution in [3.63, 3.8) is 0 Å². The molecule has 0 aromatic carbocycles. The number of rotatable bonds is 6. The third-order valence-electron chi connectivity index (χ3n) is 3.51. The number of aromatic nitrogens is 2. The van der Waals surface area contributed by atoms with Crippen LogP contribution in [0.3, 0.4) is 0 Å². The Morgan fingerprint density at radius 1 is 1.53 bits per heavy atom. The molecule has 0 saturated carbocycles. The van der Waals surface area contributed by atoms with Gasteiger partial charge in [-0.25, -0.2) is 4.98 Å². The molecule has 1 aliphatic heterocycles. The van der Waals surface area contributed by atoms with Crippen molar-refractivity contribution < 1.29 is 14.7 Å². The number of carboxylic acids is 1. The van der Waals surface area contributed by atoms with Crippen molar-refractivity contribution in [2.45, 2.75) is 32.7 Å². The maximum absolute atomic E-state index is 11.6. The third kappa shape index (κ3) is 3.13. The number of amides is 1. The van der Waals surface area contributed by atoms with Gasteiger partial charge in [-0.1, -0.05) is 6.92 Å².